The summed E-state index contributed by atoms with van der Waals surface area (Å²) in [5.74, 6) is 0. The Bertz CT molecular complexity index is 3050. The van der Waals surface area contributed by atoms with Gasteiger partial charge in [0.2, 0.25) is 0 Å². The Balaban J connectivity index is 1.06. The molecule has 1 aliphatic rings. The van der Waals surface area contributed by atoms with E-state index in [1.54, 1.807) is 0 Å². The molecule has 52 heavy (non-hydrogen) atoms. The highest BCUT2D eigenvalue weighted by molar-refractivity contribution is 7.25. The Kier molecular flexibility index (Phi) is 6.21. The van der Waals surface area contributed by atoms with Gasteiger partial charge in [-0.3, -0.25) is 0 Å². The lowest BCUT2D eigenvalue weighted by molar-refractivity contribution is 0.660. The summed E-state index contributed by atoms with van der Waals surface area (Å²) in [7, 11) is 0. The third-order valence-electron chi connectivity index (χ3n) is 11.3. The summed E-state index contributed by atoms with van der Waals surface area (Å²) >= 11 is 1.86. The first kappa shape index (κ1) is 29.6. The molecule has 11 rings (SSSR count). The van der Waals surface area contributed by atoms with Crippen LogP contribution in [0.15, 0.2) is 168 Å². The third-order valence-corrected chi connectivity index (χ3v) is 12.4. The van der Waals surface area contributed by atoms with Gasteiger partial charge in [-0.1, -0.05) is 123 Å². The number of fused-ring (bicyclic) bond motifs is 11. The predicted octanol–water partition coefficient (Wildman–Crippen LogP) is 14.6. The minimum atomic E-state index is -0.0908. The van der Waals surface area contributed by atoms with Crippen LogP contribution in [0.5, 0.6) is 0 Å². The molecule has 1 aliphatic carbocycles. The molecule has 3 heteroatoms. The van der Waals surface area contributed by atoms with Gasteiger partial charge in [0.1, 0.15) is 11.2 Å². The molecule has 2 aromatic heterocycles. The highest BCUT2D eigenvalue weighted by atomic mass is 32.1. The molecular formula is C49H33NOS. The van der Waals surface area contributed by atoms with Crippen molar-refractivity contribution < 1.29 is 4.42 Å². The van der Waals surface area contributed by atoms with Crippen LogP contribution in [0.2, 0.25) is 0 Å². The number of hydrogen-bond acceptors (Lipinski definition) is 3. The summed E-state index contributed by atoms with van der Waals surface area (Å²) in [6.07, 6.45) is 0. The van der Waals surface area contributed by atoms with Crippen molar-refractivity contribution in [2.75, 3.05) is 4.90 Å². The van der Waals surface area contributed by atoms with Crippen molar-refractivity contribution >= 4 is 81.3 Å². The minimum absolute atomic E-state index is 0.0908. The number of hydrogen-bond donors (Lipinski definition) is 0. The van der Waals surface area contributed by atoms with Crippen LogP contribution in [0, 0.1) is 0 Å². The van der Waals surface area contributed by atoms with Crippen LogP contribution >= 0.6 is 11.3 Å². The fourth-order valence-corrected chi connectivity index (χ4v) is 9.85. The van der Waals surface area contributed by atoms with Crippen LogP contribution in [0.1, 0.15) is 25.0 Å². The number of rotatable bonds is 4. The standard InChI is InChI=1S/C49H33NOS/c1-49(2)43-15-6-3-10-36(43)37-24-22-32(28-44(37)49)50(33-23-25-40-39-12-5-8-17-46(39)52-47(40)29-33)31-20-18-30(19-21-31)34-13-9-14-41-35(34)26-27-42-38-11-4-7-16-45(38)51-48(41)42/h3-29H,1-2H3. The smallest absolute Gasteiger partial charge is 0.143 e. The molecule has 0 radical (unpaired) electrons. The molecule has 0 N–H and O–H groups in total. The Labute approximate surface area is 305 Å². The topological polar surface area (TPSA) is 16.4 Å². The molecule has 2 nitrogen and oxygen atoms in total. The molecular weight excluding hydrogens is 651 g/mol. The van der Waals surface area contributed by atoms with Gasteiger partial charge in [0, 0.05) is 58.8 Å². The summed E-state index contributed by atoms with van der Waals surface area (Å²) < 4.78 is 9.03. The van der Waals surface area contributed by atoms with E-state index < -0.39 is 0 Å². The summed E-state index contributed by atoms with van der Waals surface area (Å²) in [4.78, 5) is 2.42. The summed E-state index contributed by atoms with van der Waals surface area (Å²) in [5, 5.41) is 7.26. The normalized spacial score (nSPS) is 13.3. The van der Waals surface area contributed by atoms with Gasteiger partial charge >= 0.3 is 0 Å². The minimum Gasteiger partial charge on any atom is -0.455 e. The average Bonchev–Trinajstić information content (AvgIpc) is 3.83. The van der Waals surface area contributed by atoms with Crippen molar-refractivity contribution in [3.05, 3.63) is 175 Å². The molecule has 0 fully saturated rings. The second-order valence-corrected chi connectivity index (χ2v) is 15.6. The van der Waals surface area contributed by atoms with Crippen LogP contribution in [-0.4, -0.2) is 0 Å². The molecule has 0 atom stereocenters. The SMILES string of the molecule is CC1(C)c2ccccc2-c2ccc(N(c3ccc(-c4cccc5c4ccc4c6ccccc6oc54)cc3)c3ccc4c(c3)sc3ccccc34)cc21. The number of thiophene rings is 1. The van der Waals surface area contributed by atoms with E-state index in [2.05, 4.69) is 176 Å². The van der Waals surface area contributed by atoms with Gasteiger partial charge in [-0.25, -0.2) is 0 Å². The lowest BCUT2D eigenvalue weighted by Gasteiger charge is -2.28. The lowest BCUT2D eigenvalue weighted by atomic mass is 9.82. The van der Waals surface area contributed by atoms with Gasteiger partial charge in [0.05, 0.1) is 0 Å². The van der Waals surface area contributed by atoms with E-state index in [0.29, 0.717) is 0 Å². The Hall–Kier alpha value is -6.16. The first-order valence-electron chi connectivity index (χ1n) is 17.9. The molecule has 0 bridgehead atoms. The van der Waals surface area contributed by atoms with Gasteiger partial charge in [-0.05, 0) is 93.4 Å². The number of furan rings is 1. The highest BCUT2D eigenvalue weighted by Gasteiger charge is 2.35. The quantitative estimate of drug-likeness (QED) is 0.184. The molecule has 10 aromatic rings. The van der Waals surface area contributed by atoms with E-state index in [1.165, 1.54) is 58.9 Å². The summed E-state index contributed by atoms with van der Waals surface area (Å²) in [5.41, 5.74) is 13.0. The molecule has 2 heterocycles. The van der Waals surface area contributed by atoms with Gasteiger partial charge < -0.3 is 9.32 Å². The van der Waals surface area contributed by atoms with E-state index in [1.807, 2.05) is 17.4 Å². The van der Waals surface area contributed by atoms with Crippen LogP contribution in [0.3, 0.4) is 0 Å². The Morgan fingerprint density at radius 2 is 1.06 bits per heavy atom. The number of nitrogens with zero attached hydrogens (tertiary/aromatic N) is 1. The fourth-order valence-electron chi connectivity index (χ4n) is 8.71. The van der Waals surface area contributed by atoms with Crippen molar-refractivity contribution in [1.82, 2.24) is 0 Å². The molecule has 0 aliphatic heterocycles. The van der Waals surface area contributed by atoms with Crippen molar-refractivity contribution in [2.45, 2.75) is 19.3 Å². The lowest BCUT2D eigenvalue weighted by Crippen LogP contribution is -2.16. The Morgan fingerprint density at radius 1 is 0.442 bits per heavy atom. The number of para-hydroxylation sites is 1. The first-order valence-corrected chi connectivity index (χ1v) is 18.7. The predicted molar refractivity (Wildman–Crippen MR) is 222 cm³/mol. The maximum atomic E-state index is 6.42. The van der Waals surface area contributed by atoms with Crippen LogP contribution in [0.4, 0.5) is 17.1 Å². The van der Waals surface area contributed by atoms with Crippen molar-refractivity contribution in [2.24, 2.45) is 0 Å². The molecule has 0 saturated carbocycles. The van der Waals surface area contributed by atoms with Gasteiger partial charge in [0.25, 0.3) is 0 Å². The molecule has 8 aromatic carbocycles. The van der Waals surface area contributed by atoms with Crippen molar-refractivity contribution in [3.8, 4) is 22.3 Å². The fraction of sp³-hybridized carbons (Fsp3) is 0.0612. The maximum absolute atomic E-state index is 6.42. The zero-order valence-electron chi connectivity index (χ0n) is 28.9. The Morgan fingerprint density at radius 3 is 1.96 bits per heavy atom. The molecule has 0 saturated heterocycles. The highest BCUT2D eigenvalue weighted by Crippen LogP contribution is 2.51. The number of benzene rings is 8. The monoisotopic (exact) mass is 683 g/mol. The van der Waals surface area contributed by atoms with E-state index in [-0.39, 0.29) is 5.41 Å². The summed E-state index contributed by atoms with van der Waals surface area (Å²) in [6, 6.07) is 60.0. The zero-order valence-corrected chi connectivity index (χ0v) is 29.7. The average molecular weight is 684 g/mol. The van der Waals surface area contributed by atoms with E-state index in [0.717, 1.165) is 44.4 Å². The first-order chi connectivity index (χ1) is 25.5. The van der Waals surface area contributed by atoms with Gasteiger partial charge in [0.15, 0.2) is 0 Å². The zero-order chi connectivity index (χ0) is 34.6. The van der Waals surface area contributed by atoms with Crippen LogP contribution in [0.25, 0.3) is 75.1 Å². The largest absolute Gasteiger partial charge is 0.455 e. The molecule has 0 amide bonds. The van der Waals surface area contributed by atoms with E-state index in [4.69, 9.17) is 4.42 Å². The van der Waals surface area contributed by atoms with E-state index in [9.17, 15) is 0 Å². The molecule has 0 spiro atoms. The maximum Gasteiger partial charge on any atom is 0.143 e. The number of anilines is 3. The third kappa shape index (κ3) is 4.23. The van der Waals surface area contributed by atoms with Crippen molar-refractivity contribution in [1.29, 1.82) is 0 Å². The van der Waals surface area contributed by atoms with E-state index >= 15 is 0 Å². The second kappa shape index (κ2) is 10.9. The van der Waals surface area contributed by atoms with Crippen LogP contribution < -0.4 is 4.90 Å². The van der Waals surface area contributed by atoms with Gasteiger partial charge in [-0.15, -0.1) is 11.3 Å². The molecule has 0 unspecified atom stereocenters. The van der Waals surface area contributed by atoms with Crippen molar-refractivity contribution in [3.63, 3.8) is 0 Å². The summed E-state index contributed by atoms with van der Waals surface area (Å²) in [6.45, 7) is 4.71. The van der Waals surface area contributed by atoms with Crippen LogP contribution in [-0.2, 0) is 5.41 Å². The van der Waals surface area contributed by atoms with Gasteiger partial charge in [-0.2, -0.15) is 0 Å². The second-order valence-electron chi connectivity index (χ2n) is 14.5. The molecule has 246 valence electrons.